The van der Waals surface area contributed by atoms with E-state index in [-0.39, 0.29) is 6.10 Å². The van der Waals surface area contributed by atoms with E-state index in [1.165, 1.54) is 0 Å². The Morgan fingerprint density at radius 2 is 2.20 bits per heavy atom. The summed E-state index contributed by atoms with van der Waals surface area (Å²) in [7, 11) is 0. The van der Waals surface area contributed by atoms with Crippen molar-refractivity contribution in [3.05, 3.63) is 28.8 Å². The standard InChI is InChI=1S/C12H18ClNO/c1-3-10-8-11(4-5-12(10)13)15-9(2)6-7-14/h4-5,8-9H,3,6-7,14H2,1-2H3. The number of ether oxygens (including phenoxy) is 1. The van der Waals surface area contributed by atoms with Gasteiger partial charge in [0, 0.05) is 5.02 Å². The maximum absolute atomic E-state index is 6.02. The second kappa shape index (κ2) is 5.99. The summed E-state index contributed by atoms with van der Waals surface area (Å²) < 4.78 is 5.71. The van der Waals surface area contributed by atoms with E-state index in [0.29, 0.717) is 6.54 Å². The van der Waals surface area contributed by atoms with Crippen LogP contribution >= 0.6 is 11.6 Å². The number of aryl methyl sites for hydroxylation is 1. The molecule has 84 valence electrons. The highest BCUT2D eigenvalue weighted by Crippen LogP contribution is 2.23. The molecule has 0 aliphatic heterocycles. The van der Waals surface area contributed by atoms with Gasteiger partial charge in [-0.15, -0.1) is 0 Å². The second-order valence-corrected chi connectivity index (χ2v) is 4.02. The van der Waals surface area contributed by atoms with Crippen LogP contribution in [0, 0.1) is 0 Å². The van der Waals surface area contributed by atoms with Crippen molar-refractivity contribution in [3.63, 3.8) is 0 Å². The first kappa shape index (κ1) is 12.3. The van der Waals surface area contributed by atoms with Gasteiger partial charge in [0.05, 0.1) is 6.10 Å². The average Bonchev–Trinajstić information content (AvgIpc) is 2.21. The van der Waals surface area contributed by atoms with E-state index in [2.05, 4.69) is 6.92 Å². The zero-order valence-corrected chi connectivity index (χ0v) is 10.1. The van der Waals surface area contributed by atoms with Crippen molar-refractivity contribution in [2.24, 2.45) is 5.73 Å². The van der Waals surface area contributed by atoms with Crippen LogP contribution in [0.4, 0.5) is 0 Å². The molecule has 2 nitrogen and oxygen atoms in total. The first-order chi connectivity index (χ1) is 7.17. The van der Waals surface area contributed by atoms with Crippen LogP contribution in [0.2, 0.25) is 5.02 Å². The zero-order valence-electron chi connectivity index (χ0n) is 9.29. The van der Waals surface area contributed by atoms with Crippen LogP contribution in [-0.4, -0.2) is 12.6 Å². The van der Waals surface area contributed by atoms with Gasteiger partial charge < -0.3 is 10.5 Å². The fourth-order valence-electron chi connectivity index (χ4n) is 1.42. The van der Waals surface area contributed by atoms with Gasteiger partial charge in [-0.05, 0) is 50.1 Å². The van der Waals surface area contributed by atoms with Gasteiger partial charge >= 0.3 is 0 Å². The van der Waals surface area contributed by atoms with E-state index < -0.39 is 0 Å². The van der Waals surface area contributed by atoms with Gasteiger partial charge in [-0.1, -0.05) is 18.5 Å². The lowest BCUT2D eigenvalue weighted by Gasteiger charge is -2.14. The van der Waals surface area contributed by atoms with Crippen molar-refractivity contribution < 1.29 is 4.74 Å². The molecule has 0 aromatic heterocycles. The van der Waals surface area contributed by atoms with Crippen molar-refractivity contribution in [3.8, 4) is 5.75 Å². The molecule has 0 fully saturated rings. The lowest BCUT2D eigenvalue weighted by molar-refractivity contribution is 0.213. The molecule has 0 amide bonds. The molecule has 1 unspecified atom stereocenters. The molecule has 1 aromatic carbocycles. The van der Waals surface area contributed by atoms with E-state index >= 15 is 0 Å². The molecule has 1 rings (SSSR count). The Bertz CT molecular complexity index is 314. The van der Waals surface area contributed by atoms with Crippen LogP contribution in [0.25, 0.3) is 0 Å². The Morgan fingerprint density at radius 3 is 2.80 bits per heavy atom. The summed E-state index contributed by atoms with van der Waals surface area (Å²) in [5, 5.41) is 0.802. The molecule has 0 saturated carbocycles. The number of rotatable bonds is 5. The Hall–Kier alpha value is -0.730. The lowest BCUT2D eigenvalue weighted by atomic mass is 10.1. The Labute approximate surface area is 96.4 Å². The number of hydrogen-bond donors (Lipinski definition) is 1. The van der Waals surface area contributed by atoms with Crippen LogP contribution in [-0.2, 0) is 6.42 Å². The first-order valence-electron chi connectivity index (χ1n) is 5.32. The molecule has 3 heteroatoms. The summed E-state index contributed by atoms with van der Waals surface area (Å²) in [4.78, 5) is 0. The molecule has 15 heavy (non-hydrogen) atoms. The Morgan fingerprint density at radius 1 is 1.47 bits per heavy atom. The molecule has 0 aliphatic carbocycles. The molecule has 2 N–H and O–H groups in total. The summed E-state index contributed by atoms with van der Waals surface area (Å²) in [6.45, 7) is 4.75. The molecule has 1 aromatic rings. The van der Waals surface area contributed by atoms with Crippen LogP contribution in [0.5, 0.6) is 5.75 Å². The summed E-state index contributed by atoms with van der Waals surface area (Å²) in [5.41, 5.74) is 6.58. The first-order valence-corrected chi connectivity index (χ1v) is 5.70. The topological polar surface area (TPSA) is 35.2 Å². The molecular weight excluding hydrogens is 210 g/mol. The highest BCUT2D eigenvalue weighted by molar-refractivity contribution is 6.31. The number of nitrogens with two attached hydrogens (primary N) is 1. The highest BCUT2D eigenvalue weighted by Gasteiger charge is 2.05. The Balaban J connectivity index is 2.69. The van der Waals surface area contributed by atoms with Crippen molar-refractivity contribution in [1.82, 2.24) is 0 Å². The predicted octanol–water partition coefficient (Wildman–Crippen LogP) is 3.02. The fraction of sp³-hybridized carbons (Fsp3) is 0.500. The summed E-state index contributed by atoms with van der Waals surface area (Å²) in [6, 6.07) is 5.77. The molecule has 0 heterocycles. The van der Waals surface area contributed by atoms with Crippen molar-refractivity contribution in [1.29, 1.82) is 0 Å². The van der Waals surface area contributed by atoms with Crippen LogP contribution in [0.1, 0.15) is 25.8 Å². The third kappa shape index (κ3) is 3.73. The van der Waals surface area contributed by atoms with E-state index in [0.717, 1.165) is 29.2 Å². The van der Waals surface area contributed by atoms with E-state index in [4.69, 9.17) is 22.1 Å². The molecule has 0 saturated heterocycles. The molecule has 0 spiro atoms. The van der Waals surface area contributed by atoms with Gasteiger partial charge in [0.15, 0.2) is 0 Å². The summed E-state index contributed by atoms with van der Waals surface area (Å²) in [6.07, 6.45) is 1.94. The SMILES string of the molecule is CCc1cc(OC(C)CCN)ccc1Cl. The average molecular weight is 228 g/mol. The third-order valence-electron chi connectivity index (χ3n) is 2.31. The monoisotopic (exact) mass is 227 g/mol. The molecular formula is C12H18ClNO. The zero-order chi connectivity index (χ0) is 11.3. The molecule has 0 radical (unpaired) electrons. The van der Waals surface area contributed by atoms with E-state index in [9.17, 15) is 0 Å². The van der Waals surface area contributed by atoms with Gasteiger partial charge in [0.2, 0.25) is 0 Å². The Kier molecular flexibility index (Phi) is 4.92. The van der Waals surface area contributed by atoms with Gasteiger partial charge in [-0.2, -0.15) is 0 Å². The molecule has 1 atom stereocenters. The highest BCUT2D eigenvalue weighted by atomic mass is 35.5. The summed E-state index contributed by atoms with van der Waals surface area (Å²) >= 11 is 6.02. The van der Waals surface area contributed by atoms with Gasteiger partial charge in [0.25, 0.3) is 0 Å². The van der Waals surface area contributed by atoms with Crippen LogP contribution in [0.15, 0.2) is 18.2 Å². The minimum atomic E-state index is 0.154. The van der Waals surface area contributed by atoms with Crippen molar-refractivity contribution >= 4 is 11.6 Å². The van der Waals surface area contributed by atoms with E-state index in [1.54, 1.807) is 0 Å². The fourth-order valence-corrected chi connectivity index (χ4v) is 1.67. The smallest absolute Gasteiger partial charge is 0.120 e. The second-order valence-electron chi connectivity index (χ2n) is 3.61. The van der Waals surface area contributed by atoms with Gasteiger partial charge in [-0.25, -0.2) is 0 Å². The molecule has 0 bridgehead atoms. The third-order valence-corrected chi connectivity index (χ3v) is 2.68. The minimum Gasteiger partial charge on any atom is -0.491 e. The largest absolute Gasteiger partial charge is 0.491 e. The number of halogens is 1. The summed E-state index contributed by atoms with van der Waals surface area (Å²) in [5.74, 6) is 0.872. The maximum Gasteiger partial charge on any atom is 0.120 e. The van der Waals surface area contributed by atoms with Crippen molar-refractivity contribution in [2.45, 2.75) is 32.8 Å². The lowest BCUT2D eigenvalue weighted by Crippen LogP contribution is -2.16. The predicted molar refractivity (Wildman–Crippen MR) is 64.6 cm³/mol. The molecule has 0 aliphatic rings. The maximum atomic E-state index is 6.02. The number of hydrogen-bond acceptors (Lipinski definition) is 2. The van der Waals surface area contributed by atoms with Crippen LogP contribution < -0.4 is 10.5 Å². The minimum absolute atomic E-state index is 0.154. The van der Waals surface area contributed by atoms with Gasteiger partial charge in [-0.3, -0.25) is 0 Å². The van der Waals surface area contributed by atoms with Gasteiger partial charge in [0.1, 0.15) is 5.75 Å². The normalized spacial score (nSPS) is 12.5. The van der Waals surface area contributed by atoms with E-state index in [1.807, 2.05) is 25.1 Å². The van der Waals surface area contributed by atoms with Crippen LogP contribution in [0.3, 0.4) is 0 Å². The van der Waals surface area contributed by atoms with Crippen molar-refractivity contribution in [2.75, 3.05) is 6.54 Å². The quantitative estimate of drug-likeness (QED) is 0.839. The number of benzene rings is 1.